The van der Waals surface area contributed by atoms with Crippen LogP contribution in [0.5, 0.6) is 11.5 Å². The number of hydrogen-bond donors (Lipinski definition) is 2. The third-order valence-electron chi connectivity index (χ3n) is 4.37. The number of amides is 2. The molecule has 0 fully saturated rings. The minimum atomic E-state index is -0.895. The average molecular weight is 510 g/mol. The van der Waals surface area contributed by atoms with Crippen LogP contribution in [0.2, 0.25) is 0 Å². The Morgan fingerprint density at radius 1 is 0.939 bits per heavy atom. The Hall–Kier alpha value is -3.98. The Morgan fingerprint density at radius 2 is 1.67 bits per heavy atom. The molecular formula is C24H20BrN3O5. The summed E-state index contributed by atoms with van der Waals surface area (Å²) >= 11 is 3.32. The van der Waals surface area contributed by atoms with E-state index in [-0.39, 0.29) is 12.3 Å². The van der Waals surface area contributed by atoms with Gasteiger partial charge in [0.15, 0.2) is 11.5 Å². The number of methoxy groups -OCH3 is 1. The van der Waals surface area contributed by atoms with Crippen LogP contribution in [0.4, 0.5) is 0 Å². The fraction of sp³-hybridized carbons (Fsp3) is 0.0833. The molecule has 2 N–H and O–H groups in total. The van der Waals surface area contributed by atoms with Crippen LogP contribution in [-0.4, -0.2) is 31.1 Å². The average Bonchev–Trinajstić information content (AvgIpc) is 2.84. The van der Waals surface area contributed by atoms with Crippen molar-refractivity contribution in [3.05, 3.63) is 94.0 Å². The summed E-state index contributed by atoms with van der Waals surface area (Å²) in [4.78, 5) is 36.2. The molecule has 0 saturated carbocycles. The number of hydrogen-bond acceptors (Lipinski definition) is 6. The van der Waals surface area contributed by atoms with Crippen LogP contribution >= 0.6 is 15.9 Å². The smallest absolute Gasteiger partial charge is 0.344 e. The lowest BCUT2D eigenvalue weighted by Gasteiger charge is -2.10. The van der Waals surface area contributed by atoms with Crippen molar-refractivity contribution >= 4 is 39.9 Å². The van der Waals surface area contributed by atoms with Crippen LogP contribution in [0.25, 0.3) is 0 Å². The van der Waals surface area contributed by atoms with Gasteiger partial charge in [0, 0.05) is 11.0 Å². The summed E-state index contributed by atoms with van der Waals surface area (Å²) in [6, 6.07) is 20.9. The van der Waals surface area contributed by atoms with Gasteiger partial charge in [-0.05, 0) is 57.4 Å². The predicted octanol–water partition coefficient (Wildman–Crippen LogP) is 3.44. The van der Waals surface area contributed by atoms with E-state index in [0.717, 1.165) is 5.56 Å². The zero-order valence-corrected chi connectivity index (χ0v) is 19.2. The molecule has 0 unspecified atom stereocenters. The molecule has 168 valence electrons. The van der Waals surface area contributed by atoms with Crippen LogP contribution in [0.3, 0.4) is 0 Å². The summed E-state index contributed by atoms with van der Waals surface area (Å²) in [5.74, 6) is -1.72. The van der Waals surface area contributed by atoms with Gasteiger partial charge in [0.25, 0.3) is 0 Å². The van der Waals surface area contributed by atoms with E-state index >= 15 is 0 Å². The molecule has 33 heavy (non-hydrogen) atoms. The maximum Gasteiger partial charge on any atom is 0.344 e. The highest BCUT2D eigenvalue weighted by Crippen LogP contribution is 2.29. The van der Waals surface area contributed by atoms with Gasteiger partial charge in [-0.25, -0.2) is 10.2 Å². The molecular weight excluding hydrogens is 490 g/mol. The first-order valence-electron chi connectivity index (χ1n) is 9.78. The summed E-state index contributed by atoms with van der Waals surface area (Å²) in [6.07, 6.45) is 1.34. The van der Waals surface area contributed by atoms with Gasteiger partial charge in [-0.2, -0.15) is 5.10 Å². The highest BCUT2D eigenvalue weighted by atomic mass is 79.9. The SMILES string of the molecule is COc1cc(/C=N/NC(=O)C(=O)NCc2ccccc2)ccc1OC(=O)c1ccccc1Br. The van der Waals surface area contributed by atoms with Crippen molar-refractivity contribution in [2.45, 2.75) is 6.54 Å². The van der Waals surface area contributed by atoms with Crippen molar-refractivity contribution in [1.82, 2.24) is 10.7 Å². The van der Waals surface area contributed by atoms with Gasteiger partial charge in [-0.3, -0.25) is 9.59 Å². The van der Waals surface area contributed by atoms with E-state index < -0.39 is 17.8 Å². The standard InChI is InChI=1S/C24H20BrN3O5/c1-32-21-13-17(11-12-20(21)33-24(31)18-9-5-6-10-19(18)25)15-27-28-23(30)22(29)26-14-16-7-3-2-4-8-16/h2-13,15H,14H2,1H3,(H,26,29)(H,28,30)/b27-15+. The number of nitrogens with zero attached hydrogens (tertiary/aromatic N) is 1. The monoisotopic (exact) mass is 509 g/mol. The third kappa shape index (κ3) is 6.75. The molecule has 0 saturated heterocycles. The largest absolute Gasteiger partial charge is 0.493 e. The summed E-state index contributed by atoms with van der Waals surface area (Å²) in [7, 11) is 1.44. The van der Waals surface area contributed by atoms with Crippen LogP contribution in [-0.2, 0) is 16.1 Å². The molecule has 0 aliphatic heterocycles. The number of carbonyl (C=O) groups is 3. The van der Waals surface area contributed by atoms with Gasteiger partial charge in [-0.15, -0.1) is 0 Å². The maximum absolute atomic E-state index is 12.4. The maximum atomic E-state index is 12.4. The Labute approximate surface area is 198 Å². The summed E-state index contributed by atoms with van der Waals surface area (Å²) in [5, 5.41) is 6.30. The lowest BCUT2D eigenvalue weighted by atomic mass is 10.2. The topological polar surface area (TPSA) is 106 Å². The number of hydrazone groups is 1. The lowest BCUT2D eigenvalue weighted by molar-refractivity contribution is -0.139. The minimum absolute atomic E-state index is 0.222. The van der Waals surface area contributed by atoms with Gasteiger partial charge in [0.1, 0.15) is 0 Å². The Kier molecular flexibility index (Phi) is 8.31. The van der Waals surface area contributed by atoms with Gasteiger partial charge < -0.3 is 14.8 Å². The van der Waals surface area contributed by atoms with Crippen LogP contribution in [0, 0.1) is 0 Å². The van der Waals surface area contributed by atoms with E-state index in [1.54, 1.807) is 42.5 Å². The molecule has 0 aliphatic carbocycles. The molecule has 0 radical (unpaired) electrons. The van der Waals surface area contributed by atoms with Crippen molar-refractivity contribution in [3.8, 4) is 11.5 Å². The number of carbonyl (C=O) groups excluding carboxylic acids is 3. The molecule has 0 heterocycles. The van der Waals surface area contributed by atoms with Crippen LogP contribution in [0.1, 0.15) is 21.5 Å². The fourth-order valence-electron chi connectivity index (χ4n) is 2.71. The van der Waals surface area contributed by atoms with Crippen molar-refractivity contribution < 1.29 is 23.9 Å². The second kappa shape index (κ2) is 11.6. The fourth-order valence-corrected chi connectivity index (χ4v) is 3.15. The van der Waals surface area contributed by atoms with Crippen molar-refractivity contribution in [3.63, 3.8) is 0 Å². The molecule has 0 spiro atoms. The summed E-state index contributed by atoms with van der Waals surface area (Å²) in [6.45, 7) is 0.230. The molecule has 9 heteroatoms. The molecule has 8 nitrogen and oxygen atoms in total. The van der Waals surface area contributed by atoms with E-state index in [1.165, 1.54) is 13.3 Å². The summed E-state index contributed by atoms with van der Waals surface area (Å²) in [5.41, 5.74) is 3.96. The second-order valence-corrected chi connectivity index (χ2v) is 7.50. The molecule has 3 aromatic rings. The number of ether oxygens (including phenoxy) is 2. The molecule has 0 bridgehead atoms. The van der Waals surface area contributed by atoms with Crippen LogP contribution < -0.4 is 20.2 Å². The first-order chi connectivity index (χ1) is 16.0. The minimum Gasteiger partial charge on any atom is -0.493 e. The predicted molar refractivity (Wildman–Crippen MR) is 126 cm³/mol. The molecule has 0 aliphatic rings. The zero-order valence-electron chi connectivity index (χ0n) is 17.6. The lowest BCUT2D eigenvalue weighted by Crippen LogP contribution is -2.37. The Bertz CT molecular complexity index is 1180. The third-order valence-corrected chi connectivity index (χ3v) is 5.06. The highest BCUT2D eigenvalue weighted by molar-refractivity contribution is 9.10. The zero-order chi connectivity index (χ0) is 23.6. The van der Waals surface area contributed by atoms with Crippen molar-refractivity contribution in [1.29, 1.82) is 0 Å². The van der Waals surface area contributed by atoms with E-state index in [2.05, 4.69) is 31.8 Å². The van der Waals surface area contributed by atoms with Gasteiger partial charge >= 0.3 is 17.8 Å². The van der Waals surface area contributed by atoms with Gasteiger partial charge in [-0.1, -0.05) is 42.5 Å². The van der Waals surface area contributed by atoms with Gasteiger partial charge in [0.05, 0.1) is 18.9 Å². The number of halogens is 1. The van der Waals surface area contributed by atoms with E-state index in [0.29, 0.717) is 21.3 Å². The Balaban J connectivity index is 1.57. The molecule has 3 aromatic carbocycles. The first-order valence-corrected chi connectivity index (χ1v) is 10.6. The molecule has 0 aromatic heterocycles. The van der Waals surface area contributed by atoms with E-state index in [1.807, 2.05) is 30.3 Å². The quantitative estimate of drug-likeness (QED) is 0.167. The highest BCUT2D eigenvalue weighted by Gasteiger charge is 2.15. The summed E-state index contributed by atoms with van der Waals surface area (Å²) < 4.78 is 11.3. The molecule has 0 atom stereocenters. The van der Waals surface area contributed by atoms with E-state index in [9.17, 15) is 14.4 Å². The number of nitrogens with one attached hydrogen (secondary N) is 2. The van der Waals surface area contributed by atoms with Crippen molar-refractivity contribution in [2.24, 2.45) is 5.10 Å². The molecule has 2 amide bonds. The Morgan fingerprint density at radius 3 is 2.39 bits per heavy atom. The van der Waals surface area contributed by atoms with Crippen molar-refractivity contribution in [2.75, 3.05) is 7.11 Å². The number of benzene rings is 3. The number of esters is 1. The second-order valence-electron chi connectivity index (χ2n) is 6.65. The molecule has 3 rings (SSSR count). The normalized spacial score (nSPS) is 10.5. The number of rotatable bonds is 7. The van der Waals surface area contributed by atoms with Crippen LogP contribution in [0.15, 0.2) is 82.4 Å². The van der Waals surface area contributed by atoms with E-state index in [4.69, 9.17) is 9.47 Å². The first kappa shape index (κ1) is 23.7. The van der Waals surface area contributed by atoms with Gasteiger partial charge in [0.2, 0.25) is 0 Å².